The van der Waals surface area contributed by atoms with Crippen molar-refractivity contribution in [1.82, 2.24) is 9.97 Å². The third-order valence-corrected chi connectivity index (χ3v) is 4.74. The van der Waals surface area contributed by atoms with E-state index < -0.39 is 5.97 Å². The van der Waals surface area contributed by atoms with Crippen molar-refractivity contribution in [2.75, 3.05) is 7.11 Å². The minimum Gasteiger partial charge on any atom is -0.465 e. The lowest BCUT2D eigenvalue weighted by Gasteiger charge is -2.07. The second-order valence-corrected chi connectivity index (χ2v) is 6.59. The van der Waals surface area contributed by atoms with Crippen LogP contribution >= 0.6 is 0 Å². The van der Waals surface area contributed by atoms with E-state index in [1.165, 1.54) is 19.2 Å². The number of nitrogens with zero attached hydrogens (tertiary/aromatic N) is 2. The van der Waals surface area contributed by atoms with Gasteiger partial charge in [-0.25, -0.2) is 14.2 Å². The number of nitriles is 1. The number of furan rings is 1. The molecular formula is C23H16FN3O3. The number of ether oxygens (including phenoxy) is 1. The number of hydrogen-bond donors (Lipinski definition) is 1. The van der Waals surface area contributed by atoms with Crippen LogP contribution in [-0.4, -0.2) is 23.0 Å². The highest BCUT2D eigenvalue weighted by Gasteiger charge is 2.15. The van der Waals surface area contributed by atoms with Gasteiger partial charge < -0.3 is 14.1 Å². The molecule has 0 spiro atoms. The number of carbonyl (C=O) groups is 1. The molecule has 0 radical (unpaired) electrons. The molecule has 6 nitrogen and oxygen atoms in total. The van der Waals surface area contributed by atoms with E-state index in [-0.39, 0.29) is 11.4 Å². The van der Waals surface area contributed by atoms with Gasteiger partial charge in [0.1, 0.15) is 29.2 Å². The first-order valence-electron chi connectivity index (χ1n) is 9.05. The zero-order valence-corrected chi connectivity index (χ0v) is 16.2. The molecule has 0 aliphatic heterocycles. The first-order valence-corrected chi connectivity index (χ1v) is 9.05. The molecule has 0 saturated heterocycles. The molecule has 2 heterocycles. The number of halogens is 1. The predicted octanol–water partition coefficient (Wildman–Crippen LogP) is 5.12. The zero-order valence-electron chi connectivity index (χ0n) is 16.2. The van der Waals surface area contributed by atoms with Crippen molar-refractivity contribution in [3.8, 4) is 17.4 Å². The molecule has 1 N–H and O–H groups in total. The molecule has 7 heteroatoms. The van der Waals surface area contributed by atoms with Crippen molar-refractivity contribution in [2.24, 2.45) is 0 Å². The number of nitrogens with one attached hydrogen (secondary N) is 1. The predicted molar refractivity (Wildman–Crippen MR) is 110 cm³/mol. The number of rotatable bonds is 4. The van der Waals surface area contributed by atoms with Gasteiger partial charge >= 0.3 is 5.97 Å². The molecule has 0 aliphatic carbocycles. The molecule has 30 heavy (non-hydrogen) atoms. The maximum Gasteiger partial charge on any atom is 0.338 e. The molecule has 4 aromatic rings. The van der Waals surface area contributed by atoms with Crippen LogP contribution < -0.4 is 0 Å². The van der Waals surface area contributed by atoms with Gasteiger partial charge in [0.25, 0.3) is 0 Å². The average molecular weight is 401 g/mol. The van der Waals surface area contributed by atoms with Crippen molar-refractivity contribution in [3.63, 3.8) is 0 Å². The van der Waals surface area contributed by atoms with E-state index in [9.17, 15) is 14.4 Å². The Hall–Kier alpha value is -4.18. The van der Waals surface area contributed by atoms with Gasteiger partial charge in [0.05, 0.1) is 29.3 Å². The van der Waals surface area contributed by atoms with E-state index in [1.807, 2.05) is 13.0 Å². The Kier molecular flexibility index (Phi) is 4.90. The van der Waals surface area contributed by atoms with Gasteiger partial charge in [0.2, 0.25) is 0 Å². The number of aromatic amines is 1. The van der Waals surface area contributed by atoms with Crippen LogP contribution in [0.4, 0.5) is 4.39 Å². The Morgan fingerprint density at radius 2 is 2.10 bits per heavy atom. The molecular weight excluding hydrogens is 385 g/mol. The highest BCUT2D eigenvalue weighted by Crippen LogP contribution is 2.29. The fourth-order valence-electron chi connectivity index (χ4n) is 3.21. The Balaban J connectivity index is 1.70. The summed E-state index contributed by atoms with van der Waals surface area (Å²) in [6, 6.07) is 15.0. The van der Waals surface area contributed by atoms with Crippen molar-refractivity contribution in [3.05, 3.63) is 77.1 Å². The molecule has 0 fully saturated rings. The summed E-state index contributed by atoms with van der Waals surface area (Å²) in [7, 11) is 1.33. The number of H-pyrrole nitrogens is 1. The van der Waals surface area contributed by atoms with E-state index in [0.717, 1.165) is 11.1 Å². The highest BCUT2D eigenvalue weighted by atomic mass is 19.1. The van der Waals surface area contributed by atoms with Gasteiger partial charge in [-0.3, -0.25) is 0 Å². The van der Waals surface area contributed by atoms with Crippen LogP contribution in [0.1, 0.15) is 27.5 Å². The number of methoxy groups -OCH3 is 1. The Bertz CT molecular complexity index is 1340. The van der Waals surface area contributed by atoms with E-state index in [0.29, 0.717) is 33.9 Å². The molecule has 0 bridgehead atoms. The molecule has 2 aromatic heterocycles. The summed E-state index contributed by atoms with van der Waals surface area (Å²) in [5.41, 5.74) is 3.23. The molecule has 0 saturated carbocycles. The van der Waals surface area contributed by atoms with Gasteiger partial charge in [0, 0.05) is 11.6 Å². The normalized spacial score (nSPS) is 11.5. The number of allylic oxidation sites excluding steroid dienone is 1. The van der Waals surface area contributed by atoms with Crippen LogP contribution in [0.15, 0.2) is 52.9 Å². The zero-order chi connectivity index (χ0) is 21.3. The van der Waals surface area contributed by atoms with Crippen LogP contribution in [0.5, 0.6) is 0 Å². The summed E-state index contributed by atoms with van der Waals surface area (Å²) in [5.74, 6) is 0.499. The smallest absolute Gasteiger partial charge is 0.338 e. The third kappa shape index (κ3) is 3.47. The van der Waals surface area contributed by atoms with E-state index in [1.54, 1.807) is 36.4 Å². The Labute approximate surface area is 171 Å². The number of carbonyl (C=O) groups excluding carboxylic acids is 1. The summed E-state index contributed by atoms with van der Waals surface area (Å²) >= 11 is 0. The van der Waals surface area contributed by atoms with Crippen molar-refractivity contribution in [1.29, 1.82) is 5.26 Å². The molecule has 0 aliphatic rings. The van der Waals surface area contributed by atoms with Gasteiger partial charge in [-0.05, 0) is 48.9 Å². The van der Waals surface area contributed by atoms with E-state index in [2.05, 4.69) is 16.0 Å². The summed E-state index contributed by atoms with van der Waals surface area (Å²) in [5, 5.41) is 9.57. The van der Waals surface area contributed by atoms with E-state index >= 15 is 0 Å². The molecule has 0 atom stereocenters. The first kappa shape index (κ1) is 19.2. The van der Waals surface area contributed by atoms with E-state index in [4.69, 9.17) is 9.15 Å². The SMILES string of the molecule is COC(=O)c1cccc(-c2ccc(/C=C(/C#N)c3nc4ccc(F)cc4[nH]3)o2)c1C. The molecule has 4 rings (SSSR count). The van der Waals surface area contributed by atoms with Crippen molar-refractivity contribution < 1.29 is 18.3 Å². The maximum atomic E-state index is 13.4. The van der Waals surface area contributed by atoms with Gasteiger partial charge in [0.15, 0.2) is 0 Å². The van der Waals surface area contributed by atoms with Crippen LogP contribution in [-0.2, 0) is 4.74 Å². The standard InChI is InChI=1S/C23H16FN3O3/c1-13-17(4-3-5-18(13)23(28)29-2)21-9-7-16(30-21)10-14(12-25)22-26-19-8-6-15(24)11-20(19)27-22/h3-11H,1-2H3,(H,26,27)/b14-10-. The number of hydrogen-bond acceptors (Lipinski definition) is 5. The Morgan fingerprint density at radius 1 is 1.27 bits per heavy atom. The fraction of sp³-hybridized carbons (Fsp3) is 0.0870. The fourth-order valence-corrected chi connectivity index (χ4v) is 3.21. The average Bonchev–Trinajstić information content (AvgIpc) is 3.38. The first-order chi connectivity index (χ1) is 14.5. The van der Waals surface area contributed by atoms with Crippen molar-refractivity contribution >= 4 is 28.7 Å². The quantitative estimate of drug-likeness (QED) is 0.378. The lowest BCUT2D eigenvalue weighted by Crippen LogP contribution is -2.04. The molecule has 148 valence electrons. The number of aromatic nitrogens is 2. The number of imidazole rings is 1. The third-order valence-electron chi connectivity index (χ3n) is 4.74. The van der Waals surface area contributed by atoms with Gasteiger partial charge in [-0.1, -0.05) is 12.1 Å². The molecule has 0 amide bonds. The summed E-state index contributed by atoms with van der Waals surface area (Å²) < 4.78 is 24.1. The second kappa shape index (κ2) is 7.68. The maximum absolute atomic E-state index is 13.4. The van der Waals surface area contributed by atoms with Crippen LogP contribution in [0.2, 0.25) is 0 Å². The van der Waals surface area contributed by atoms with Crippen molar-refractivity contribution in [2.45, 2.75) is 6.92 Å². The number of benzene rings is 2. The number of esters is 1. The molecule has 2 aromatic carbocycles. The van der Waals surface area contributed by atoms with Crippen LogP contribution in [0.25, 0.3) is 34.0 Å². The number of fused-ring (bicyclic) bond motifs is 1. The van der Waals surface area contributed by atoms with Gasteiger partial charge in [-0.15, -0.1) is 0 Å². The summed E-state index contributed by atoms with van der Waals surface area (Å²) in [6.45, 7) is 1.81. The topological polar surface area (TPSA) is 91.9 Å². The lowest BCUT2D eigenvalue weighted by molar-refractivity contribution is 0.0600. The summed E-state index contributed by atoms with van der Waals surface area (Å²) in [4.78, 5) is 19.2. The highest BCUT2D eigenvalue weighted by molar-refractivity contribution is 5.93. The van der Waals surface area contributed by atoms with Crippen LogP contribution in [0, 0.1) is 24.1 Å². The van der Waals surface area contributed by atoms with Crippen LogP contribution in [0.3, 0.4) is 0 Å². The minimum absolute atomic E-state index is 0.243. The summed E-state index contributed by atoms with van der Waals surface area (Å²) in [6.07, 6.45) is 1.55. The largest absolute Gasteiger partial charge is 0.465 e. The lowest BCUT2D eigenvalue weighted by atomic mass is 10.0. The Morgan fingerprint density at radius 3 is 2.87 bits per heavy atom. The minimum atomic E-state index is -0.422. The monoisotopic (exact) mass is 401 g/mol. The second-order valence-electron chi connectivity index (χ2n) is 6.59. The van der Waals surface area contributed by atoms with Gasteiger partial charge in [-0.2, -0.15) is 5.26 Å². The molecule has 0 unspecified atom stereocenters.